The average molecular weight is 312 g/mol. The lowest BCUT2D eigenvalue weighted by Crippen LogP contribution is -2.52. The van der Waals surface area contributed by atoms with Crippen LogP contribution in [0.15, 0.2) is 24.3 Å². The highest BCUT2D eigenvalue weighted by atomic mass is 32.2. The van der Waals surface area contributed by atoms with Gasteiger partial charge in [0.1, 0.15) is 0 Å². The van der Waals surface area contributed by atoms with E-state index in [2.05, 4.69) is 4.72 Å². The highest BCUT2D eigenvalue weighted by molar-refractivity contribution is 7.87. The van der Waals surface area contributed by atoms with Gasteiger partial charge in [0.05, 0.1) is 12.2 Å². The smallest absolute Gasteiger partial charge is 0.279 e. The molecule has 2 rings (SSSR count). The molecule has 1 N–H and O–H groups in total. The van der Waals surface area contributed by atoms with Crippen molar-refractivity contribution in [1.82, 2.24) is 9.03 Å². The first kappa shape index (κ1) is 16.4. The van der Waals surface area contributed by atoms with Crippen LogP contribution in [0.1, 0.15) is 25.0 Å². The van der Waals surface area contributed by atoms with Crippen molar-refractivity contribution in [3.63, 3.8) is 0 Å². The maximum absolute atomic E-state index is 12.3. The zero-order valence-corrected chi connectivity index (χ0v) is 13.7. The Bertz CT molecular complexity index is 564. The zero-order valence-electron chi connectivity index (χ0n) is 12.9. The number of hydrogen-bond acceptors (Lipinski definition) is 3. The molecule has 1 aliphatic rings. The molecule has 0 amide bonds. The average Bonchev–Trinajstić information content (AvgIpc) is 2.40. The number of ether oxygens (including phenoxy) is 1. The van der Waals surface area contributed by atoms with E-state index in [1.54, 1.807) is 0 Å². The molecule has 2 unspecified atom stereocenters. The predicted molar refractivity (Wildman–Crippen MR) is 83.4 cm³/mol. The summed E-state index contributed by atoms with van der Waals surface area (Å²) in [6.07, 6.45) is 0.560. The van der Waals surface area contributed by atoms with Crippen molar-refractivity contribution in [3.8, 4) is 0 Å². The Hall–Kier alpha value is -0.950. The summed E-state index contributed by atoms with van der Waals surface area (Å²) in [6.45, 7) is 7.05. The molecule has 0 radical (unpaired) electrons. The van der Waals surface area contributed by atoms with Gasteiger partial charge in [-0.05, 0) is 38.3 Å². The third-order valence-corrected chi connectivity index (χ3v) is 5.21. The maximum Gasteiger partial charge on any atom is 0.279 e. The second-order valence-corrected chi connectivity index (χ2v) is 7.41. The molecule has 118 valence electrons. The number of aryl methyl sites for hydroxylation is 1. The number of benzene rings is 1. The van der Waals surface area contributed by atoms with Gasteiger partial charge in [0, 0.05) is 19.6 Å². The van der Waals surface area contributed by atoms with Crippen LogP contribution in [-0.4, -0.2) is 44.6 Å². The van der Waals surface area contributed by atoms with E-state index >= 15 is 0 Å². The van der Waals surface area contributed by atoms with Crippen LogP contribution in [0.3, 0.4) is 0 Å². The largest absolute Gasteiger partial charge is 0.373 e. The second-order valence-electron chi connectivity index (χ2n) is 5.65. The van der Waals surface area contributed by atoms with Crippen LogP contribution < -0.4 is 4.72 Å². The molecule has 1 saturated heterocycles. The van der Waals surface area contributed by atoms with E-state index in [1.807, 2.05) is 45.0 Å². The Morgan fingerprint density at radius 3 is 2.48 bits per heavy atom. The van der Waals surface area contributed by atoms with Crippen molar-refractivity contribution in [3.05, 3.63) is 35.4 Å². The van der Waals surface area contributed by atoms with E-state index in [-0.39, 0.29) is 12.2 Å². The Morgan fingerprint density at radius 2 is 1.86 bits per heavy atom. The third kappa shape index (κ3) is 4.51. The van der Waals surface area contributed by atoms with E-state index in [4.69, 9.17) is 4.74 Å². The number of hydrogen-bond donors (Lipinski definition) is 1. The molecule has 0 aliphatic carbocycles. The van der Waals surface area contributed by atoms with E-state index in [0.717, 1.165) is 0 Å². The molecule has 1 aliphatic heterocycles. The minimum Gasteiger partial charge on any atom is -0.373 e. The van der Waals surface area contributed by atoms with Crippen LogP contribution in [0, 0.1) is 6.92 Å². The summed E-state index contributed by atoms with van der Waals surface area (Å²) in [5, 5.41) is 0. The van der Waals surface area contributed by atoms with Gasteiger partial charge in [-0.15, -0.1) is 0 Å². The highest BCUT2D eigenvalue weighted by Gasteiger charge is 2.30. The summed E-state index contributed by atoms with van der Waals surface area (Å²) in [6, 6.07) is 8.03. The fourth-order valence-corrected chi connectivity index (χ4v) is 3.98. The molecule has 0 aromatic heterocycles. The Balaban J connectivity index is 1.91. The zero-order chi connectivity index (χ0) is 15.5. The van der Waals surface area contributed by atoms with Gasteiger partial charge >= 0.3 is 0 Å². The molecule has 21 heavy (non-hydrogen) atoms. The Labute approximate surface area is 127 Å². The molecule has 6 heteroatoms. The topological polar surface area (TPSA) is 58.6 Å². The lowest BCUT2D eigenvalue weighted by atomic mass is 10.1. The fraction of sp³-hybridized carbons (Fsp3) is 0.600. The first-order chi connectivity index (χ1) is 9.88. The Kier molecular flexibility index (Phi) is 5.37. The molecular weight excluding hydrogens is 288 g/mol. The van der Waals surface area contributed by atoms with Gasteiger partial charge in [0.25, 0.3) is 10.2 Å². The minimum atomic E-state index is -3.43. The van der Waals surface area contributed by atoms with Crippen molar-refractivity contribution in [2.45, 2.75) is 39.4 Å². The number of nitrogens with zero attached hydrogens (tertiary/aromatic N) is 1. The van der Waals surface area contributed by atoms with Crippen LogP contribution in [-0.2, 0) is 21.4 Å². The summed E-state index contributed by atoms with van der Waals surface area (Å²) in [5.74, 6) is 0. The first-order valence-corrected chi connectivity index (χ1v) is 8.77. The predicted octanol–water partition coefficient (Wildman–Crippen LogP) is 1.48. The summed E-state index contributed by atoms with van der Waals surface area (Å²) in [7, 11) is -3.43. The monoisotopic (exact) mass is 312 g/mol. The summed E-state index contributed by atoms with van der Waals surface area (Å²) in [4.78, 5) is 0. The van der Waals surface area contributed by atoms with Crippen molar-refractivity contribution >= 4 is 10.2 Å². The van der Waals surface area contributed by atoms with Crippen molar-refractivity contribution in [1.29, 1.82) is 0 Å². The first-order valence-electron chi connectivity index (χ1n) is 7.33. The third-order valence-electron chi connectivity index (χ3n) is 3.67. The van der Waals surface area contributed by atoms with Crippen molar-refractivity contribution in [2.75, 3.05) is 19.6 Å². The van der Waals surface area contributed by atoms with Gasteiger partial charge in [-0.1, -0.05) is 24.3 Å². The Morgan fingerprint density at radius 1 is 1.24 bits per heavy atom. The van der Waals surface area contributed by atoms with Crippen LogP contribution >= 0.6 is 0 Å². The molecule has 0 bridgehead atoms. The van der Waals surface area contributed by atoms with E-state index < -0.39 is 10.2 Å². The van der Waals surface area contributed by atoms with Gasteiger partial charge in [-0.3, -0.25) is 0 Å². The number of nitrogens with one attached hydrogen (secondary N) is 1. The van der Waals surface area contributed by atoms with Crippen molar-refractivity contribution < 1.29 is 13.2 Å². The van der Waals surface area contributed by atoms with Crippen LogP contribution in [0.4, 0.5) is 0 Å². The van der Waals surface area contributed by atoms with Gasteiger partial charge in [-0.2, -0.15) is 12.7 Å². The molecule has 1 aromatic carbocycles. The molecular formula is C15H24N2O3S. The molecule has 1 heterocycles. The van der Waals surface area contributed by atoms with E-state index in [0.29, 0.717) is 26.1 Å². The SMILES string of the molecule is Cc1ccccc1CCNS(=O)(=O)N1CC(C)OC(C)C1. The summed E-state index contributed by atoms with van der Waals surface area (Å²) >= 11 is 0. The van der Waals surface area contributed by atoms with Gasteiger partial charge in [0.2, 0.25) is 0 Å². The van der Waals surface area contributed by atoms with Gasteiger partial charge in [-0.25, -0.2) is 4.72 Å². The number of morpholine rings is 1. The van der Waals surface area contributed by atoms with E-state index in [9.17, 15) is 8.42 Å². The van der Waals surface area contributed by atoms with Crippen LogP contribution in [0.5, 0.6) is 0 Å². The molecule has 2 atom stereocenters. The summed E-state index contributed by atoms with van der Waals surface area (Å²) < 4.78 is 34.4. The molecule has 0 saturated carbocycles. The lowest BCUT2D eigenvalue weighted by molar-refractivity contribution is -0.0443. The molecule has 5 nitrogen and oxygen atoms in total. The quantitative estimate of drug-likeness (QED) is 0.896. The summed E-state index contributed by atoms with van der Waals surface area (Å²) in [5.41, 5.74) is 2.36. The number of rotatable bonds is 5. The molecule has 1 aromatic rings. The molecule has 1 fully saturated rings. The lowest BCUT2D eigenvalue weighted by Gasteiger charge is -2.34. The standard InChI is InChI=1S/C15H24N2O3S/c1-12-6-4-5-7-15(12)8-9-16-21(18,19)17-10-13(2)20-14(3)11-17/h4-7,13-14,16H,8-11H2,1-3H3. The normalized spacial score (nSPS) is 24.1. The minimum absolute atomic E-state index is 0.0679. The van der Waals surface area contributed by atoms with E-state index in [1.165, 1.54) is 15.4 Å². The van der Waals surface area contributed by atoms with Crippen LogP contribution in [0.2, 0.25) is 0 Å². The van der Waals surface area contributed by atoms with Gasteiger partial charge < -0.3 is 4.74 Å². The van der Waals surface area contributed by atoms with Gasteiger partial charge in [0.15, 0.2) is 0 Å². The fourth-order valence-electron chi connectivity index (χ4n) is 2.62. The molecule has 0 spiro atoms. The maximum atomic E-state index is 12.3. The highest BCUT2D eigenvalue weighted by Crippen LogP contribution is 2.13. The van der Waals surface area contributed by atoms with Crippen LogP contribution in [0.25, 0.3) is 0 Å². The second kappa shape index (κ2) is 6.87. The van der Waals surface area contributed by atoms with Crippen molar-refractivity contribution in [2.24, 2.45) is 0 Å².